The molecule has 0 aromatic rings. The van der Waals surface area contributed by atoms with Crippen molar-refractivity contribution in [2.45, 2.75) is 18.9 Å². The number of aliphatic imine (C=N–C) groups is 1. The van der Waals surface area contributed by atoms with Crippen molar-refractivity contribution in [1.82, 2.24) is 10.6 Å². The van der Waals surface area contributed by atoms with Gasteiger partial charge in [0.1, 0.15) is 12.6 Å². The second kappa shape index (κ2) is 9.55. The molecule has 20 heavy (non-hydrogen) atoms. The zero-order chi connectivity index (χ0) is 15.5. The van der Waals surface area contributed by atoms with Gasteiger partial charge in [0.15, 0.2) is 5.96 Å². The lowest BCUT2D eigenvalue weighted by atomic mass is 10.1. The zero-order valence-electron chi connectivity index (χ0n) is 11.0. The fourth-order valence-electron chi connectivity index (χ4n) is 1.31. The molecule has 0 radical (unpaired) electrons. The first-order valence-corrected chi connectivity index (χ1v) is 5.91. The standard InChI is InChI=1S/C10H20N6O4/c11-4-7(17)16-6(2-1-3-14-10(12)13)9(20)15-5-8(18)19/h6H,1-5,11H2,(H,15,20)(H,16,17)(H,18,19)(H4,12,13,14)/t6-/m0/s1. The molecule has 9 N–H and O–H groups in total. The third-order valence-corrected chi connectivity index (χ3v) is 2.20. The van der Waals surface area contributed by atoms with E-state index in [4.69, 9.17) is 22.3 Å². The normalized spacial score (nSPS) is 11.2. The van der Waals surface area contributed by atoms with E-state index < -0.39 is 30.4 Å². The minimum absolute atomic E-state index is 0.0668. The van der Waals surface area contributed by atoms with Crippen LogP contribution in [0.25, 0.3) is 0 Å². The number of carboxylic acids is 1. The molecule has 0 aromatic heterocycles. The molecule has 0 aliphatic carbocycles. The van der Waals surface area contributed by atoms with Gasteiger partial charge in [0.05, 0.1) is 6.54 Å². The highest BCUT2D eigenvalue weighted by atomic mass is 16.4. The smallest absolute Gasteiger partial charge is 0.322 e. The van der Waals surface area contributed by atoms with Crippen LogP contribution in [0.2, 0.25) is 0 Å². The Morgan fingerprint density at radius 2 is 1.90 bits per heavy atom. The summed E-state index contributed by atoms with van der Waals surface area (Å²) in [5, 5.41) is 13.1. The predicted molar refractivity (Wildman–Crippen MR) is 71.5 cm³/mol. The summed E-state index contributed by atoms with van der Waals surface area (Å²) in [7, 11) is 0. The fourth-order valence-corrected chi connectivity index (χ4v) is 1.31. The molecule has 1 atom stereocenters. The molecular weight excluding hydrogens is 268 g/mol. The van der Waals surface area contributed by atoms with Crippen LogP contribution in [0.15, 0.2) is 4.99 Å². The Hall–Kier alpha value is -2.36. The number of amides is 2. The SMILES string of the molecule is NCC(=O)N[C@@H](CCCN=C(N)N)C(=O)NCC(=O)O. The van der Waals surface area contributed by atoms with Gasteiger partial charge in [-0.15, -0.1) is 0 Å². The number of carbonyl (C=O) groups is 3. The Labute approximate surface area is 115 Å². The maximum absolute atomic E-state index is 11.7. The molecule has 114 valence electrons. The number of nitrogens with two attached hydrogens (primary N) is 3. The second-order valence-electron chi connectivity index (χ2n) is 3.88. The van der Waals surface area contributed by atoms with Crippen molar-refractivity contribution < 1.29 is 19.5 Å². The van der Waals surface area contributed by atoms with Crippen molar-refractivity contribution >= 4 is 23.7 Å². The predicted octanol–water partition coefficient (Wildman–Crippen LogP) is -3.32. The van der Waals surface area contributed by atoms with Gasteiger partial charge in [0.2, 0.25) is 11.8 Å². The van der Waals surface area contributed by atoms with Crippen LogP contribution in [0.3, 0.4) is 0 Å². The van der Waals surface area contributed by atoms with E-state index in [2.05, 4.69) is 15.6 Å². The topological polar surface area (TPSA) is 186 Å². The molecule has 0 bridgehead atoms. The summed E-state index contributed by atoms with van der Waals surface area (Å²) in [6.45, 7) is -0.498. The van der Waals surface area contributed by atoms with Crippen LogP contribution < -0.4 is 27.8 Å². The van der Waals surface area contributed by atoms with Crippen LogP contribution in [0, 0.1) is 0 Å². The summed E-state index contributed by atoms with van der Waals surface area (Å²) in [4.78, 5) is 37.0. The van der Waals surface area contributed by atoms with Crippen molar-refractivity contribution in [2.24, 2.45) is 22.2 Å². The van der Waals surface area contributed by atoms with Gasteiger partial charge >= 0.3 is 5.97 Å². The molecular formula is C10H20N6O4. The monoisotopic (exact) mass is 288 g/mol. The minimum atomic E-state index is -1.18. The third-order valence-electron chi connectivity index (χ3n) is 2.20. The van der Waals surface area contributed by atoms with E-state index in [-0.39, 0.29) is 18.9 Å². The lowest BCUT2D eigenvalue weighted by Crippen LogP contribution is -2.49. The number of carboxylic acid groups (broad SMARTS) is 1. The first kappa shape index (κ1) is 17.6. The summed E-state index contributed by atoms with van der Waals surface area (Å²) in [6.07, 6.45) is 0.696. The van der Waals surface area contributed by atoms with Crippen molar-refractivity contribution in [3.05, 3.63) is 0 Å². The van der Waals surface area contributed by atoms with Crippen LogP contribution in [-0.2, 0) is 14.4 Å². The van der Waals surface area contributed by atoms with Gasteiger partial charge in [-0.25, -0.2) is 0 Å². The molecule has 0 heterocycles. The Bertz CT molecular complexity index is 380. The van der Waals surface area contributed by atoms with Crippen LogP contribution in [0.4, 0.5) is 0 Å². The molecule has 0 aromatic carbocycles. The molecule has 0 aliphatic heterocycles. The van der Waals surface area contributed by atoms with E-state index in [0.717, 1.165) is 0 Å². The molecule has 0 fully saturated rings. The van der Waals surface area contributed by atoms with E-state index in [0.29, 0.717) is 13.0 Å². The number of carbonyl (C=O) groups excluding carboxylic acids is 2. The van der Waals surface area contributed by atoms with Gasteiger partial charge in [-0.2, -0.15) is 0 Å². The van der Waals surface area contributed by atoms with Crippen LogP contribution in [-0.4, -0.2) is 54.5 Å². The zero-order valence-corrected chi connectivity index (χ0v) is 11.0. The van der Waals surface area contributed by atoms with Crippen LogP contribution in [0.1, 0.15) is 12.8 Å². The van der Waals surface area contributed by atoms with Gasteiger partial charge in [-0.05, 0) is 12.8 Å². The number of aliphatic carboxylic acids is 1. The lowest BCUT2D eigenvalue weighted by Gasteiger charge is -2.17. The van der Waals surface area contributed by atoms with E-state index in [1.54, 1.807) is 0 Å². The molecule has 0 spiro atoms. The highest BCUT2D eigenvalue weighted by molar-refractivity contribution is 5.89. The van der Waals surface area contributed by atoms with Gasteiger partial charge in [0, 0.05) is 6.54 Å². The highest BCUT2D eigenvalue weighted by Gasteiger charge is 2.20. The second-order valence-corrected chi connectivity index (χ2v) is 3.88. The molecule has 0 rings (SSSR count). The number of rotatable bonds is 9. The van der Waals surface area contributed by atoms with Gasteiger partial charge < -0.3 is 32.9 Å². The first-order valence-electron chi connectivity index (χ1n) is 5.91. The Morgan fingerprint density at radius 1 is 1.25 bits per heavy atom. The summed E-state index contributed by atoms with van der Waals surface area (Å²) >= 11 is 0. The van der Waals surface area contributed by atoms with Crippen LogP contribution in [0.5, 0.6) is 0 Å². The average Bonchev–Trinajstić information content (AvgIpc) is 2.38. The number of hydrogen-bond donors (Lipinski definition) is 6. The Balaban J connectivity index is 4.39. The molecule has 0 saturated carbocycles. The van der Waals surface area contributed by atoms with E-state index in [9.17, 15) is 14.4 Å². The maximum atomic E-state index is 11.7. The maximum Gasteiger partial charge on any atom is 0.322 e. The number of nitrogens with zero attached hydrogens (tertiary/aromatic N) is 1. The number of nitrogens with one attached hydrogen (secondary N) is 2. The minimum Gasteiger partial charge on any atom is -0.480 e. The van der Waals surface area contributed by atoms with Crippen molar-refractivity contribution in [3.63, 3.8) is 0 Å². The summed E-state index contributed by atoms with van der Waals surface area (Å²) in [5.74, 6) is -2.35. The van der Waals surface area contributed by atoms with E-state index in [1.807, 2.05) is 0 Å². The third kappa shape index (κ3) is 8.69. The van der Waals surface area contributed by atoms with Crippen molar-refractivity contribution in [1.29, 1.82) is 0 Å². The van der Waals surface area contributed by atoms with E-state index >= 15 is 0 Å². The largest absolute Gasteiger partial charge is 0.480 e. The molecule has 10 nitrogen and oxygen atoms in total. The van der Waals surface area contributed by atoms with Crippen molar-refractivity contribution in [2.75, 3.05) is 19.6 Å². The van der Waals surface area contributed by atoms with Crippen LogP contribution >= 0.6 is 0 Å². The quantitative estimate of drug-likeness (QED) is 0.145. The molecule has 10 heteroatoms. The van der Waals surface area contributed by atoms with Gasteiger partial charge in [-0.1, -0.05) is 0 Å². The Morgan fingerprint density at radius 3 is 2.40 bits per heavy atom. The highest BCUT2D eigenvalue weighted by Crippen LogP contribution is 1.98. The average molecular weight is 288 g/mol. The first-order chi connectivity index (χ1) is 9.36. The van der Waals surface area contributed by atoms with Gasteiger partial charge in [-0.3, -0.25) is 19.4 Å². The number of guanidine groups is 1. The van der Waals surface area contributed by atoms with E-state index in [1.165, 1.54) is 0 Å². The molecule has 2 amide bonds. The Kier molecular flexibility index (Phi) is 8.43. The summed E-state index contributed by atoms with van der Waals surface area (Å²) in [6, 6.07) is -0.875. The lowest BCUT2D eigenvalue weighted by molar-refractivity contribution is -0.138. The number of hydrogen-bond acceptors (Lipinski definition) is 5. The fraction of sp³-hybridized carbons (Fsp3) is 0.600. The summed E-state index contributed by atoms with van der Waals surface area (Å²) in [5.41, 5.74) is 15.4. The molecule has 0 unspecified atom stereocenters. The van der Waals surface area contributed by atoms with Gasteiger partial charge in [0.25, 0.3) is 0 Å². The summed E-state index contributed by atoms with van der Waals surface area (Å²) < 4.78 is 0. The van der Waals surface area contributed by atoms with Crippen molar-refractivity contribution in [3.8, 4) is 0 Å². The molecule has 0 aliphatic rings. The molecule has 0 saturated heterocycles.